The van der Waals surface area contributed by atoms with E-state index in [1.54, 1.807) is 13.1 Å². The maximum absolute atomic E-state index is 13.8. The summed E-state index contributed by atoms with van der Waals surface area (Å²) in [7, 11) is 1.65. The lowest BCUT2D eigenvalue weighted by Crippen LogP contribution is -2.46. The number of hydrogen-bond acceptors (Lipinski definition) is 3. The maximum Gasteiger partial charge on any atom is 0.241 e. The Morgan fingerprint density at radius 3 is 2.56 bits per heavy atom. The van der Waals surface area contributed by atoms with Gasteiger partial charge in [0.25, 0.3) is 0 Å². The van der Waals surface area contributed by atoms with Crippen molar-refractivity contribution in [3.8, 4) is 0 Å². The van der Waals surface area contributed by atoms with Crippen LogP contribution in [-0.2, 0) is 17.8 Å². The number of fused-ring (bicyclic) bond motifs is 1. The lowest BCUT2D eigenvalue weighted by Gasteiger charge is -2.41. The number of aromatic nitrogens is 2. The monoisotopic (exact) mass is 438 g/mol. The van der Waals surface area contributed by atoms with E-state index in [1.807, 2.05) is 44.2 Å². The third-order valence-electron chi connectivity index (χ3n) is 6.31. The molecule has 1 N–H and O–H groups in total. The first-order valence-corrected chi connectivity index (χ1v) is 10.9. The molecule has 1 aliphatic heterocycles. The zero-order chi connectivity index (χ0) is 22.8. The van der Waals surface area contributed by atoms with Crippen molar-refractivity contribution in [2.45, 2.75) is 45.3 Å². The van der Waals surface area contributed by atoms with Gasteiger partial charge in [-0.2, -0.15) is 0 Å². The first-order chi connectivity index (χ1) is 15.4. The van der Waals surface area contributed by atoms with Crippen molar-refractivity contribution in [1.82, 2.24) is 19.8 Å². The minimum atomic E-state index is -0.846. The van der Waals surface area contributed by atoms with Crippen molar-refractivity contribution in [3.63, 3.8) is 0 Å². The molecule has 0 saturated heterocycles. The van der Waals surface area contributed by atoms with E-state index in [-0.39, 0.29) is 11.9 Å². The number of carbonyl (C=O) groups is 1. The second-order valence-electron chi connectivity index (χ2n) is 8.25. The SMILES string of the molecule is CNC(=O)[C@@H](c1ccccc1)N1CCn2c(C)nc(C)c2[C@@H]1CCc1ccc(F)c(F)c1. The van der Waals surface area contributed by atoms with Crippen LogP contribution >= 0.6 is 0 Å². The number of aryl methyl sites for hydroxylation is 3. The average Bonchev–Trinajstić information content (AvgIpc) is 3.09. The van der Waals surface area contributed by atoms with E-state index in [2.05, 4.69) is 19.8 Å². The molecule has 1 amide bonds. The van der Waals surface area contributed by atoms with Crippen molar-refractivity contribution >= 4 is 5.91 Å². The molecule has 0 radical (unpaired) electrons. The molecule has 7 heteroatoms. The third-order valence-corrected chi connectivity index (χ3v) is 6.31. The molecule has 0 saturated carbocycles. The molecule has 0 fully saturated rings. The van der Waals surface area contributed by atoms with Crippen LogP contribution in [0.2, 0.25) is 0 Å². The molecule has 0 spiro atoms. The number of hydrogen-bond donors (Lipinski definition) is 1. The lowest BCUT2D eigenvalue weighted by molar-refractivity contribution is -0.128. The predicted molar refractivity (Wildman–Crippen MR) is 119 cm³/mol. The summed E-state index contributed by atoms with van der Waals surface area (Å²) in [6, 6.07) is 13.2. The third kappa shape index (κ3) is 4.17. The fourth-order valence-electron chi connectivity index (χ4n) is 4.84. The van der Waals surface area contributed by atoms with E-state index in [0.717, 1.165) is 34.9 Å². The Bertz CT molecular complexity index is 1110. The molecule has 32 heavy (non-hydrogen) atoms. The Labute approximate surface area is 187 Å². The van der Waals surface area contributed by atoms with E-state index in [0.29, 0.717) is 19.4 Å². The zero-order valence-electron chi connectivity index (χ0n) is 18.6. The van der Waals surface area contributed by atoms with Gasteiger partial charge in [-0.15, -0.1) is 0 Å². The Morgan fingerprint density at radius 2 is 1.88 bits per heavy atom. The number of amides is 1. The smallest absolute Gasteiger partial charge is 0.241 e. The van der Waals surface area contributed by atoms with Gasteiger partial charge in [0, 0.05) is 20.1 Å². The molecular formula is C25H28F2N4O. The first-order valence-electron chi connectivity index (χ1n) is 10.9. The number of rotatable bonds is 6. The van der Waals surface area contributed by atoms with Crippen LogP contribution in [0, 0.1) is 25.5 Å². The van der Waals surface area contributed by atoms with Crippen molar-refractivity contribution in [3.05, 3.63) is 88.5 Å². The Morgan fingerprint density at radius 1 is 1.12 bits per heavy atom. The van der Waals surface area contributed by atoms with E-state index >= 15 is 0 Å². The topological polar surface area (TPSA) is 50.2 Å². The lowest BCUT2D eigenvalue weighted by atomic mass is 9.94. The van der Waals surface area contributed by atoms with Crippen LogP contribution in [0.5, 0.6) is 0 Å². The van der Waals surface area contributed by atoms with E-state index in [4.69, 9.17) is 0 Å². The summed E-state index contributed by atoms with van der Waals surface area (Å²) in [5.74, 6) is -0.809. The summed E-state index contributed by atoms with van der Waals surface area (Å²) in [5.41, 5.74) is 3.67. The van der Waals surface area contributed by atoms with Gasteiger partial charge in [0.15, 0.2) is 11.6 Å². The molecule has 5 nitrogen and oxygen atoms in total. The highest BCUT2D eigenvalue weighted by Crippen LogP contribution is 2.38. The van der Waals surface area contributed by atoms with Gasteiger partial charge >= 0.3 is 0 Å². The molecule has 1 aliphatic rings. The van der Waals surface area contributed by atoms with Crippen molar-refractivity contribution in [2.75, 3.05) is 13.6 Å². The minimum Gasteiger partial charge on any atom is -0.358 e. The molecule has 168 valence electrons. The number of imidazole rings is 1. The van der Waals surface area contributed by atoms with Crippen LogP contribution < -0.4 is 5.32 Å². The Balaban J connectivity index is 1.73. The highest BCUT2D eigenvalue weighted by molar-refractivity contribution is 5.83. The number of benzene rings is 2. The molecule has 2 aromatic carbocycles. The van der Waals surface area contributed by atoms with Crippen molar-refractivity contribution in [2.24, 2.45) is 0 Å². The molecular weight excluding hydrogens is 410 g/mol. The number of halogens is 2. The summed E-state index contributed by atoms with van der Waals surface area (Å²) >= 11 is 0. The molecule has 4 rings (SSSR count). The number of likely N-dealkylation sites (N-methyl/N-ethyl adjacent to an activating group) is 1. The molecule has 3 aromatic rings. The quantitative estimate of drug-likeness (QED) is 0.626. The van der Waals surface area contributed by atoms with Crippen LogP contribution in [0.25, 0.3) is 0 Å². The Kier molecular flexibility index (Phi) is 6.37. The number of nitrogens with one attached hydrogen (secondary N) is 1. The van der Waals surface area contributed by atoms with Crippen LogP contribution in [0.15, 0.2) is 48.5 Å². The van der Waals surface area contributed by atoms with E-state index < -0.39 is 17.7 Å². The van der Waals surface area contributed by atoms with Gasteiger partial charge in [-0.1, -0.05) is 36.4 Å². The van der Waals surface area contributed by atoms with Crippen molar-refractivity contribution < 1.29 is 13.6 Å². The van der Waals surface area contributed by atoms with Crippen LogP contribution in [0.1, 0.15) is 46.8 Å². The molecule has 0 aliphatic carbocycles. The van der Waals surface area contributed by atoms with Gasteiger partial charge in [0.1, 0.15) is 11.9 Å². The number of nitrogens with zero attached hydrogens (tertiary/aromatic N) is 3. The van der Waals surface area contributed by atoms with E-state index in [9.17, 15) is 13.6 Å². The van der Waals surface area contributed by atoms with Crippen LogP contribution in [-0.4, -0.2) is 34.0 Å². The fourth-order valence-corrected chi connectivity index (χ4v) is 4.84. The highest BCUT2D eigenvalue weighted by atomic mass is 19.2. The summed E-state index contributed by atoms with van der Waals surface area (Å²) in [6.45, 7) is 5.40. The average molecular weight is 439 g/mol. The summed E-state index contributed by atoms with van der Waals surface area (Å²) < 4.78 is 29.4. The van der Waals surface area contributed by atoms with Crippen molar-refractivity contribution in [1.29, 1.82) is 0 Å². The standard InChI is InChI=1S/C25H28F2N4O/c1-16-23-22(12-10-18-9-11-20(26)21(27)15-18)31(14-13-30(23)17(2)29-16)24(25(32)28-3)19-7-5-4-6-8-19/h4-9,11,15,22,24H,10,12-14H2,1-3H3,(H,28,32)/t22-,24+/m0/s1. The fraction of sp³-hybridized carbons (Fsp3) is 0.360. The Hall–Kier alpha value is -3.06. The normalized spacial score (nSPS) is 17.1. The second kappa shape index (κ2) is 9.20. The minimum absolute atomic E-state index is 0.0728. The zero-order valence-corrected chi connectivity index (χ0v) is 18.6. The van der Waals surface area contributed by atoms with Gasteiger partial charge in [-0.3, -0.25) is 9.69 Å². The maximum atomic E-state index is 13.8. The van der Waals surface area contributed by atoms with Gasteiger partial charge in [0.2, 0.25) is 5.91 Å². The molecule has 0 bridgehead atoms. The first kappa shape index (κ1) is 22.1. The number of carbonyl (C=O) groups excluding carboxylic acids is 1. The van der Waals surface area contributed by atoms with Gasteiger partial charge in [-0.05, 0) is 49.9 Å². The van der Waals surface area contributed by atoms with Crippen LogP contribution in [0.3, 0.4) is 0 Å². The summed E-state index contributed by atoms with van der Waals surface area (Å²) in [6.07, 6.45) is 1.20. The summed E-state index contributed by atoms with van der Waals surface area (Å²) in [5, 5.41) is 2.82. The van der Waals surface area contributed by atoms with Gasteiger partial charge in [-0.25, -0.2) is 13.8 Å². The van der Waals surface area contributed by atoms with Gasteiger partial charge in [0.05, 0.1) is 17.4 Å². The molecule has 0 unspecified atom stereocenters. The molecule has 2 atom stereocenters. The highest BCUT2D eigenvalue weighted by Gasteiger charge is 2.38. The van der Waals surface area contributed by atoms with E-state index in [1.165, 1.54) is 12.1 Å². The molecule has 1 aromatic heterocycles. The van der Waals surface area contributed by atoms with Gasteiger partial charge < -0.3 is 9.88 Å². The van der Waals surface area contributed by atoms with Crippen LogP contribution in [0.4, 0.5) is 8.78 Å². The molecule has 2 heterocycles. The predicted octanol–water partition coefficient (Wildman–Crippen LogP) is 4.25. The summed E-state index contributed by atoms with van der Waals surface area (Å²) in [4.78, 5) is 20.0. The second-order valence-corrected chi connectivity index (χ2v) is 8.25. The largest absolute Gasteiger partial charge is 0.358 e.